The lowest BCUT2D eigenvalue weighted by Crippen LogP contribution is -2.30. The van der Waals surface area contributed by atoms with Gasteiger partial charge in [-0.05, 0) is 25.5 Å². The number of aliphatic carboxylic acids is 1. The molecule has 0 radical (unpaired) electrons. The number of aromatic nitrogens is 2. The summed E-state index contributed by atoms with van der Waals surface area (Å²) >= 11 is 0. The second-order valence-electron chi connectivity index (χ2n) is 5.24. The van der Waals surface area contributed by atoms with Gasteiger partial charge in [-0.1, -0.05) is 25.0 Å². The van der Waals surface area contributed by atoms with Gasteiger partial charge in [0.2, 0.25) is 5.82 Å². The molecule has 1 unspecified atom stereocenters. The van der Waals surface area contributed by atoms with Gasteiger partial charge in [0.25, 0.3) is 0 Å². The second kappa shape index (κ2) is 6.39. The summed E-state index contributed by atoms with van der Waals surface area (Å²) in [6.45, 7) is 3.57. The summed E-state index contributed by atoms with van der Waals surface area (Å²) in [7, 11) is 0. The molecule has 0 aliphatic heterocycles. The van der Waals surface area contributed by atoms with Crippen molar-refractivity contribution in [3.05, 3.63) is 29.6 Å². The SMILES string of the molecule is CCCC(Nc1nc(C(F)(F)F)nc2ccc(C)cc12)C(=O)O. The molecule has 2 aromatic rings. The third-order valence-electron chi connectivity index (χ3n) is 3.29. The summed E-state index contributed by atoms with van der Waals surface area (Å²) in [5.41, 5.74) is 0.923. The predicted octanol–water partition coefficient (Wildman–Crippen LogP) is 3.62. The van der Waals surface area contributed by atoms with E-state index >= 15 is 0 Å². The first kappa shape index (κ1) is 17.0. The smallest absolute Gasteiger partial charge is 0.451 e. The number of fused-ring (bicyclic) bond motifs is 1. The lowest BCUT2D eigenvalue weighted by atomic mass is 10.1. The number of alkyl halides is 3. The van der Waals surface area contributed by atoms with Crippen LogP contribution in [0.5, 0.6) is 0 Å². The molecule has 2 rings (SSSR count). The number of benzene rings is 1. The fourth-order valence-electron chi connectivity index (χ4n) is 2.19. The number of rotatable bonds is 5. The Labute approximate surface area is 130 Å². The molecule has 0 aliphatic rings. The summed E-state index contributed by atoms with van der Waals surface area (Å²) in [4.78, 5) is 18.3. The van der Waals surface area contributed by atoms with E-state index in [4.69, 9.17) is 0 Å². The molecular weight excluding hydrogens is 311 g/mol. The van der Waals surface area contributed by atoms with Gasteiger partial charge in [-0.2, -0.15) is 13.2 Å². The van der Waals surface area contributed by atoms with Crippen molar-refractivity contribution in [3.8, 4) is 0 Å². The number of nitrogens with one attached hydrogen (secondary N) is 1. The highest BCUT2D eigenvalue weighted by Gasteiger charge is 2.36. The van der Waals surface area contributed by atoms with Crippen LogP contribution in [0.3, 0.4) is 0 Å². The molecule has 1 aromatic heterocycles. The summed E-state index contributed by atoms with van der Waals surface area (Å²) < 4.78 is 38.9. The quantitative estimate of drug-likeness (QED) is 0.877. The van der Waals surface area contributed by atoms with Crippen molar-refractivity contribution in [2.75, 3.05) is 5.32 Å². The minimum absolute atomic E-state index is 0.112. The van der Waals surface area contributed by atoms with E-state index in [1.807, 2.05) is 0 Å². The molecule has 1 atom stereocenters. The average molecular weight is 327 g/mol. The fourth-order valence-corrected chi connectivity index (χ4v) is 2.19. The van der Waals surface area contributed by atoms with E-state index in [0.717, 1.165) is 5.56 Å². The maximum absolute atomic E-state index is 13.0. The lowest BCUT2D eigenvalue weighted by Gasteiger charge is -2.17. The Balaban J connectivity index is 2.58. The van der Waals surface area contributed by atoms with E-state index in [1.165, 1.54) is 6.07 Å². The van der Waals surface area contributed by atoms with Crippen molar-refractivity contribution >= 4 is 22.7 Å². The molecule has 1 aromatic carbocycles. The summed E-state index contributed by atoms with van der Waals surface area (Å²) in [6, 6.07) is 3.71. The Kier molecular flexibility index (Phi) is 4.72. The van der Waals surface area contributed by atoms with Crippen LogP contribution >= 0.6 is 0 Å². The van der Waals surface area contributed by atoms with Crippen molar-refractivity contribution in [1.82, 2.24) is 9.97 Å². The molecule has 0 aliphatic carbocycles. The van der Waals surface area contributed by atoms with Crippen molar-refractivity contribution < 1.29 is 23.1 Å². The molecular formula is C15H16F3N3O2. The van der Waals surface area contributed by atoms with Gasteiger partial charge >= 0.3 is 12.1 Å². The van der Waals surface area contributed by atoms with Crippen LogP contribution in [0.2, 0.25) is 0 Å². The van der Waals surface area contributed by atoms with E-state index < -0.39 is 24.0 Å². The van der Waals surface area contributed by atoms with Gasteiger partial charge in [-0.15, -0.1) is 0 Å². The van der Waals surface area contributed by atoms with E-state index in [2.05, 4.69) is 15.3 Å². The Morgan fingerprint density at radius 3 is 2.61 bits per heavy atom. The van der Waals surface area contributed by atoms with Crippen LogP contribution in [0.4, 0.5) is 19.0 Å². The Hall–Kier alpha value is -2.38. The number of carbonyl (C=O) groups is 1. The zero-order valence-corrected chi connectivity index (χ0v) is 12.6. The number of nitrogens with zero attached hydrogens (tertiary/aromatic N) is 2. The average Bonchev–Trinajstić information content (AvgIpc) is 2.45. The summed E-state index contributed by atoms with van der Waals surface area (Å²) in [6.07, 6.45) is -3.87. The molecule has 8 heteroatoms. The van der Waals surface area contributed by atoms with Gasteiger partial charge in [-0.25, -0.2) is 14.8 Å². The zero-order chi connectivity index (χ0) is 17.2. The van der Waals surface area contributed by atoms with E-state index in [0.29, 0.717) is 11.8 Å². The first-order valence-electron chi connectivity index (χ1n) is 7.07. The van der Waals surface area contributed by atoms with Crippen LogP contribution < -0.4 is 5.32 Å². The maximum Gasteiger partial charge on any atom is 0.451 e. The molecule has 0 amide bonds. The van der Waals surface area contributed by atoms with Crippen LogP contribution in [-0.4, -0.2) is 27.1 Å². The molecule has 0 saturated carbocycles. The summed E-state index contributed by atoms with van der Waals surface area (Å²) in [5, 5.41) is 12.2. The third-order valence-corrected chi connectivity index (χ3v) is 3.29. The molecule has 0 bridgehead atoms. The standard InChI is InChI=1S/C15H16F3N3O2/c1-3-4-11(13(22)23)19-12-9-7-8(2)5-6-10(9)20-14(21-12)15(16,17)18/h5-7,11H,3-4H2,1-2H3,(H,22,23)(H,19,20,21). The van der Waals surface area contributed by atoms with E-state index in [9.17, 15) is 23.1 Å². The number of hydrogen-bond donors (Lipinski definition) is 2. The Morgan fingerprint density at radius 2 is 2.04 bits per heavy atom. The molecule has 1 heterocycles. The molecule has 5 nitrogen and oxygen atoms in total. The number of carboxylic acid groups (broad SMARTS) is 1. The number of carboxylic acids is 1. The van der Waals surface area contributed by atoms with Crippen molar-refractivity contribution in [3.63, 3.8) is 0 Å². The Bertz CT molecular complexity index is 732. The molecule has 0 saturated heterocycles. The van der Waals surface area contributed by atoms with Gasteiger partial charge in [0.15, 0.2) is 0 Å². The van der Waals surface area contributed by atoms with Crippen LogP contribution in [0.1, 0.15) is 31.2 Å². The monoisotopic (exact) mass is 327 g/mol. The minimum Gasteiger partial charge on any atom is -0.480 e. The van der Waals surface area contributed by atoms with Crippen LogP contribution in [0.25, 0.3) is 10.9 Å². The van der Waals surface area contributed by atoms with Crippen molar-refractivity contribution in [2.24, 2.45) is 0 Å². The number of halogens is 3. The van der Waals surface area contributed by atoms with Gasteiger partial charge < -0.3 is 10.4 Å². The highest BCUT2D eigenvalue weighted by Crippen LogP contribution is 2.31. The van der Waals surface area contributed by atoms with Crippen LogP contribution in [-0.2, 0) is 11.0 Å². The fraction of sp³-hybridized carbons (Fsp3) is 0.400. The zero-order valence-electron chi connectivity index (χ0n) is 12.6. The number of hydrogen-bond acceptors (Lipinski definition) is 4. The van der Waals surface area contributed by atoms with Crippen molar-refractivity contribution in [2.45, 2.75) is 38.9 Å². The molecule has 0 fully saturated rings. The normalized spacial score (nSPS) is 13.1. The number of anilines is 1. The molecule has 23 heavy (non-hydrogen) atoms. The third kappa shape index (κ3) is 3.88. The second-order valence-corrected chi connectivity index (χ2v) is 5.24. The van der Waals surface area contributed by atoms with Gasteiger partial charge in [-0.3, -0.25) is 0 Å². The molecule has 124 valence electrons. The number of aryl methyl sites for hydroxylation is 1. The molecule has 2 N–H and O–H groups in total. The predicted molar refractivity (Wildman–Crippen MR) is 79.2 cm³/mol. The van der Waals surface area contributed by atoms with E-state index in [1.54, 1.807) is 26.0 Å². The van der Waals surface area contributed by atoms with Gasteiger partial charge in [0.05, 0.1) is 5.52 Å². The maximum atomic E-state index is 13.0. The summed E-state index contributed by atoms with van der Waals surface area (Å²) in [5.74, 6) is -2.55. The topological polar surface area (TPSA) is 75.1 Å². The van der Waals surface area contributed by atoms with Crippen molar-refractivity contribution in [1.29, 1.82) is 0 Å². The van der Waals surface area contributed by atoms with Crippen LogP contribution in [0.15, 0.2) is 18.2 Å². The first-order chi connectivity index (χ1) is 10.7. The highest BCUT2D eigenvalue weighted by atomic mass is 19.4. The first-order valence-corrected chi connectivity index (χ1v) is 7.07. The highest BCUT2D eigenvalue weighted by molar-refractivity contribution is 5.91. The van der Waals surface area contributed by atoms with Crippen LogP contribution in [0, 0.1) is 6.92 Å². The largest absolute Gasteiger partial charge is 0.480 e. The Morgan fingerprint density at radius 1 is 1.35 bits per heavy atom. The molecule has 0 spiro atoms. The van der Waals surface area contributed by atoms with Gasteiger partial charge in [0, 0.05) is 5.39 Å². The minimum atomic E-state index is -4.71. The van der Waals surface area contributed by atoms with E-state index in [-0.39, 0.29) is 17.8 Å². The lowest BCUT2D eigenvalue weighted by molar-refractivity contribution is -0.144. The van der Waals surface area contributed by atoms with Gasteiger partial charge in [0.1, 0.15) is 11.9 Å².